The number of hydrogen-bond acceptors (Lipinski definition) is 6. The van der Waals surface area contributed by atoms with Crippen molar-refractivity contribution in [3.05, 3.63) is 56.7 Å². The largest absolute Gasteiger partial charge is 0.367 e. The van der Waals surface area contributed by atoms with Crippen LogP contribution in [0.1, 0.15) is 25.7 Å². The van der Waals surface area contributed by atoms with Gasteiger partial charge in [0.15, 0.2) is 16.9 Å². The molecule has 3 aromatic rings. The molecule has 0 radical (unpaired) electrons. The van der Waals surface area contributed by atoms with Crippen LogP contribution in [0, 0.1) is 5.82 Å². The summed E-state index contributed by atoms with van der Waals surface area (Å²) in [6.45, 7) is 6.24. The maximum atomic E-state index is 14.1. The second-order valence-corrected chi connectivity index (χ2v) is 8.28. The monoisotopic (exact) mass is 442 g/mol. The molecule has 0 unspecified atom stereocenters. The summed E-state index contributed by atoms with van der Waals surface area (Å²) in [4.78, 5) is 46.3. The van der Waals surface area contributed by atoms with Gasteiger partial charge in [-0.05, 0) is 26.0 Å². The number of benzene rings is 1. The Morgan fingerprint density at radius 3 is 2.38 bits per heavy atom. The van der Waals surface area contributed by atoms with E-state index in [4.69, 9.17) is 0 Å². The number of piperazine rings is 1. The zero-order valence-electron chi connectivity index (χ0n) is 18.7. The minimum absolute atomic E-state index is 0.106. The number of fused-ring (bicyclic) bond motifs is 1. The summed E-state index contributed by atoms with van der Waals surface area (Å²) < 4.78 is 18.2. The van der Waals surface area contributed by atoms with E-state index in [9.17, 15) is 18.8 Å². The maximum absolute atomic E-state index is 14.1. The number of Topliss-reactive ketones (excluding diaryl/α,β-unsaturated/α-hetero) is 1. The number of aryl methyl sites for hydroxylation is 1. The average Bonchev–Trinajstić information content (AvgIpc) is 3.15. The van der Waals surface area contributed by atoms with Crippen LogP contribution >= 0.6 is 0 Å². The summed E-state index contributed by atoms with van der Waals surface area (Å²) in [5, 5.41) is 0. The molecule has 1 aliphatic heterocycles. The van der Waals surface area contributed by atoms with Crippen molar-refractivity contribution in [3.63, 3.8) is 0 Å². The maximum Gasteiger partial charge on any atom is 0.332 e. The minimum Gasteiger partial charge on any atom is -0.367 e. The highest BCUT2D eigenvalue weighted by atomic mass is 19.1. The van der Waals surface area contributed by atoms with Gasteiger partial charge in [-0.3, -0.25) is 23.6 Å². The van der Waals surface area contributed by atoms with Crippen LogP contribution < -0.4 is 16.1 Å². The number of anilines is 1. The van der Waals surface area contributed by atoms with Crippen molar-refractivity contribution in [2.24, 2.45) is 14.1 Å². The zero-order valence-corrected chi connectivity index (χ0v) is 18.7. The van der Waals surface area contributed by atoms with Crippen LogP contribution in [-0.2, 0) is 25.4 Å². The molecular formula is C22H27FN6O3. The number of imidazole rings is 1. The zero-order chi connectivity index (χ0) is 23.2. The first-order valence-electron chi connectivity index (χ1n) is 10.6. The van der Waals surface area contributed by atoms with Crippen LogP contribution in [0.5, 0.6) is 0 Å². The fourth-order valence-electron chi connectivity index (χ4n) is 4.23. The van der Waals surface area contributed by atoms with Crippen molar-refractivity contribution >= 4 is 22.6 Å². The number of nitrogens with zero attached hydrogens (tertiary/aromatic N) is 6. The first-order valence-corrected chi connectivity index (χ1v) is 10.6. The van der Waals surface area contributed by atoms with Gasteiger partial charge in [-0.2, -0.15) is 0 Å². The molecule has 170 valence electrons. The van der Waals surface area contributed by atoms with Crippen molar-refractivity contribution < 1.29 is 9.18 Å². The lowest BCUT2D eigenvalue weighted by Crippen LogP contribution is -2.46. The topological polar surface area (TPSA) is 85.4 Å². The van der Waals surface area contributed by atoms with Gasteiger partial charge in [0.2, 0.25) is 0 Å². The van der Waals surface area contributed by atoms with Crippen molar-refractivity contribution in [1.82, 2.24) is 23.6 Å². The van der Waals surface area contributed by atoms with Crippen molar-refractivity contribution in [1.29, 1.82) is 0 Å². The summed E-state index contributed by atoms with van der Waals surface area (Å²) in [6.07, 6.45) is 0. The van der Waals surface area contributed by atoms with Crippen LogP contribution in [0.15, 0.2) is 33.9 Å². The second kappa shape index (κ2) is 8.34. The second-order valence-electron chi connectivity index (χ2n) is 8.28. The number of hydrogen-bond donors (Lipinski definition) is 0. The van der Waals surface area contributed by atoms with Crippen LogP contribution in [0.3, 0.4) is 0 Å². The van der Waals surface area contributed by atoms with E-state index in [-0.39, 0.29) is 22.8 Å². The van der Waals surface area contributed by atoms with Crippen LogP contribution in [0.25, 0.3) is 11.2 Å². The quantitative estimate of drug-likeness (QED) is 0.587. The third-order valence-corrected chi connectivity index (χ3v) is 6.27. The lowest BCUT2D eigenvalue weighted by molar-refractivity contribution is -0.119. The number of para-hydroxylation sites is 1. The molecule has 1 saturated heterocycles. The van der Waals surface area contributed by atoms with E-state index in [2.05, 4.69) is 9.88 Å². The van der Waals surface area contributed by atoms with Gasteiger partial charge in [0, 0.05) is 40.3 Å². The molecule has 3 heterocycles. The molecule has 1 atom stereocenters. The number of ketones is 1. The molecule has 10 heteroatoms. The van der Waals surface area contributed by atoms with Gasteiger partial charge in [-0.1, -0.05) is 12.1 Å². The molecule has 0 spiro atoms. The summed E-state index contributed by atoms with van der Waals surface area (Å²) >= 11 is 0. The fourth-order valence-corrected chi connectivity index (χ4v) is 4.23. The normalized spacial score (nSPS) is 16.0. The molecule has 1 fully saturated rings. The molecule has 32 heavy (non-hydrogen) atoms. The Bertz CT molecular complexity index is 1300. The van der Waals surface area contributed by atoms with E-state index >= 15 is 0 Å². The molecule has 1 aromatic carbocycles. The lowest BCUT2D eigenvalue weighted by Gasteiger charge is -2.36. The molecule has 1 aliphatic rings. The minimum atomic E-state index is -0.597. The van der Waals surface area contributed by atoms with Gasteiger partial charge in [0.1, 0.15) is 11.6 Å². The number of aromatic nitrogens is 4. The van der Waals surface area contributed by atoms with Crippen LogP contribution in [0.2, 0.25) is 0 Å². The first-order chi connectivity index (χ1) is 15.2. The van der Waals surface area contributed by atoms with E-state index in [1.54, 1.807) is 30.7 Å². The van der Waals surface area contributed by atoms with Gasteiger partial charge < -0.3 is 9.47 Å². The highest BCUT2D eigenvalue weighted by molar-refractivity contribution is 5.82. The van der Waals surface area contributed by atoms with E-state index < -0.39 is 17.3 Å². The third kappa shape index (κ3) is 3.64. The number of carbonyl (C=O) groups is 1. The summed E-state index contributed by atoms with van der Waals surface area (Å²) in [5.74, 6) is 0.209. The predicted molar refractivity (Wildman–Crippen MR) is 119 cm³/mol. The standard InChI is InChI=1S/C22H27FN6O3/c1-14(15(2)30)29-18(24-20-19(29)21(31)26(4)22(32)25(20)3)13-27-9-11-28(12-10-27)17-8-6-5-7-16(17)23/h5-8,14H,9-13H2,1-4H3/t14-/m1/s1. The Kier molecular flexibility index (Phi) is 5.72. The van der Waals surface area contributed by atoms with Gasteiger partial charge in [-0.25, -0.2) is 14.2 Å². The Morgan fingerprint density at radius 1 is 1.09 bits per heavy atom. The van der Waals surface area contributed by atoms with E-state index in [0.29, 0.717) is 44.2 Å². The molecule has 0 N–H and O–H groups in total. The summed E-state index contributed by atoms with van der Waals surface area (Å²) in [6, 6.07) is 6.13. The average molecular weight is 442 g/mol. The Hall–Kier alpha value is -3.27. The lowest BCUT2D eigenvalue weighted by atomic mass is 10.2. The third-order valence-electron chi connectivity index (χ3n) is 6.27. The highest BCUT2D eigenvalue weighted by Crippen LogP contribution is 2.23. The first kappa shape index (κ1) is 21.9. The van der Waals surface area contributed by atoms with Gasteiger partial charge in [-0.15, -0.1) is 0 Å². The molecule has 9 nitrogen and oxygen atoms in total. The van der Waals surface area contributed by atoms with Gasteiger partial charge >= 0.3 is 5.69 Å². The Morgan fingerprint density at radius 2 is 1.75 bits per heavy atom. The van der Waals surface area contributed by atoms with Crippen LogP contribution in [-0.4, -0.2) is 55.5 Å². The predicted octanol–water partition coefficient (Wildman–Crippen LogP) is 1.05. The van der Waals surface area contributed by atoms with Gasteiger partial charge in [0.25, 0.3) is 5.56 Å². The van der Waals surface area contributed by atoms with Crippen molar-refractivity contribution in [3.8, 4) is 0 Å². The van der Waals surface area contributed by atoms with Crippen LogP contribution in [0.4, 0.5) is 10.1 Å². The number of rotatable bonds is 5. The smallest absolute Gasteiger partial charge is 0.332 e. The fraction of sp³-hybridized carbons (Fsp3) is 0.455. The molecule has 4 rings (SSSR count). The summed E-state index contributed by atoms with van der Waals surface area (Å²) in [5.41, 5.74) is 0.165. The molecule has 0 bridgehead atoms. The molecule has 0 aliphatic carbocycles. The van der Waals surface area contributed by atoms with Crippen molar-refractivity contribution in [2.75, 3.05) is 31.1 Å². The number of carbonyl (C=O) groups excluding carboxylic acids is 1. The van der Waals surface area contributed by atoms with E-state index in [1.807, 2.05) is 11.0 Å². The number of halogens is 1. The molecular weight excluding hydrogens is 415 g/mol. The van der Waals surface area contributed by atoms with Gasteiger partial charge in [0.05, 0.1) is 18.3 Å². The summed E-state index contributed by atoms with van der Waals surface area (Å²) in [7, 11) is 2.98. The van der Waals surface area contributed by atoms with E-state index in [0.717, 1.165) is 4.57 Å². The van der Waals surface area contributed by atoms with Crippen molar-refractivity contribution in [2.45, 2.75) is 26.4 Å². The molecule has 2 aromatic heterocycles. The van der Waals surface area contributed by atoms with E-state index in [1.165, 1.54) is 24.6 Å². The Balaban J connectivity index is 1.67. The molecule has 0 amide bonds. The SMILES string of the molecule is CC(=O)[C@@H](C)n1c(CN2CCN(c3ccccc3F)CC2)nc2c1c(=O)n(C)c(=O)n2C. The highest BCUT2D eigenvalue weighted by Gasteiger charge is 2.27. The molecule has 0 saturated carbocycles. The Labute approximate surface area is 184 Å².